The minimum absolute atomic E-state index is 0.585. The lowest BCUT2D eigenvalue weighted by atomic mass is 9.85. The predicted molar refractivity (Wildman–Crippen MR) is 74.3 cm³/mol. The van der Waals surface area contributed by atoms with Gasteiger partial charge in [-0.15, -0.1) is 0 Å². The molecule has 2 rings (SSSR count). The van der Waals surface area contributed by atoms with Gasteiger partial charge in [0.05, 0.1) is 0 Å². The standard InChI is InChI=1S/C15H30N2/c1-15(2)9-4-5-13(8-10-15)16-11-12-17(3)14-6-7-14/h13-14,16H,4-12H2,1-3H3. The van der Waals surface area contributed by atoms with Gasteiger partial charge in [-0.05, 0) is 51.0 Å². The molecule has 0 aromatic heterocycles. The maximum Gasteiger partial charge on any atom is 0.0107 e. The SMILES string of the molecule is CN(CCNC1CCCC(C)(C)CC1)C1CC1. The Morgan fingerprint density at radius 3 is 2.59 bits per heavy atom. The summed E-state index contributed by atoms with van der Waals surface area (Å²) in [4.78, 5) is 2.52. The molecule has 0 bridgehead atoms. The predicted octanol–water partition coefficient (Wildman–Crippen LogP) is 3.03. The molecule has 0 heterocycles. The first kappa shape index (κ1) is 13.4. The van der Waals surface area contributed by atoms with Crippen molar-refractivity contribution in [3.8, 4) is 0 Å². The molecule has 0 aliphatic heterocycles. The van der Waals surface area contributed by atoms with Gasteiger partial charge in [-0.3, -0.25) is 0 Å². The Hall–Kier alpha value is -0.0800. The molecular weight excluding hydrogens is 208 g/mol. The molecule has 0 aromatic rings. The molecule has 1 N–H and O–H groups in total. The van der Waals surface area contributed by atoms with Crippen molar-refractivity contribution < 1.29 is 0 Å². The smallest absolute Gasteiger partial charge is 0.0107 e. The van der Waals surface area contributed by atoms with E-state index in [4.69, 9.17) is 0 Å². The highest BCUT2D eigenvalue weighted by atomic mass is 15.2. The van der Waals surface area contributed by atoms with Gasteiger partial charge in [-0.2, -0.15) is 0 Å². The molecule has 0 radical (unpaired) electrons. The highest BCUT2D eigenvalue weighted by Crippen LogP contribution is 2.33. The summed E-state index contributed by atoms with van der Waals surface area (Å²) in [6.07, 6.45) is 9.82. The second kappa shape index (κ2) is 5.71. The average molecular weight is 238 g/mol. The first-order valence-corrected chi connectivity index (χ1v) is 7.50. The Bertz CT molecular complexity index is 233. The van der Waals surface area contributed by atoms with Gasteiger partial charge in [0.25, 0.3) is 0 Å². The van der Waals surface area contributed by atoms with Gasteiger partial charge in [0.15, 0.2) is 0 Å². The quantitative estimate of drug-likeness (QED) is 0.741. The summed E-state index contributed by atoms with van der Waals surface area (Å²) in [5.41, 5.74) is 0.585. The van der Waals surface area contributed by atoms with E-state index in [0.717, 1.165) is 12.1 Å². The fraction of sp³-hybridized carbons (Fsp3) is 1.00. The molecule has 0 aromatic carbocycles. The molecule has 2 aliphatic carbocycles. The topological polar surface area (TPSA) is 15.3 Å². The van der Waals surface area contributed by atoms with Gasteiger partial charge in [0.2, 0.25) is 0 Å². The van der Waals surface area contributed by atoms with E-state index in [9.17, 15) is 0 Å². The lowest BCUT2D eigenvalue weighted by Crippen LogP contribution is -2.36. The van der Waals surface area contributed by atoms with E-state index < -0.39 is 0 Å². The van der Waals surface area contributed by atoms with Crippen LogP contribution in [0.3, 0.4) is 0 Å². The average Bonchev–Trinajstić information content (AvgIpc) is 3.07. The second-order valence-corrected chi connectivity index (χ2v) is 6.96. The monoisotopic (exact) mass is 238 g/mol. The van der Waals surface area contributed by atoms with Crippen LogP contribution in [0.25, 0.3) is 0 Å². The van der Waals surface area contributed by atoms with E-state index in [1.54, 1.807) is 0 Å². The Kier molecular flexibility index (Phi) is 4.48. The number of hydrogen-bond acceptors (Lipinski definition) is 2. The van der Waals surface area contributed by atoms with Crippen LogP contribution in [0.15, 0.2) is 0 Å². The Morgan fingerprint density at radius 2 is 1.88 bits per heavy atom. The summed E-state index contributed by atoms with van der Waals surface area (Å²) in [6, 6.07) is 1.69. The fourth-order valence-electron chi connectivity index (χ4n) is 3.01. The zero-order valence-electron chi connectivity index (χ0n) is 12.0. The van der Waals surface area contributed by atoms with Crippen LogP contribution in [-0.4, -0.2) is 37.1 Å². The Balaban J connectivity index is 1.61. The van der Waals surface area contributed by atoms with Crippen molar-refractivity contribution in [2.45, 2.75) is 70.9 Å². The molecule has 2 aliphatic rings. The van der Waals surface area contributed by atoms with Crippen molar-refractivity contribution in [2.24, 2.45) is 5.41 Å². The Morgan fingerprint density at radius 1 is 1.12 bits per heavy atom. The van der Waals surface area contributed by atoms with Crippen molar-refractivity contribution in [1.82, 2.24) is 10.2 Å². The van der Waals surface area contributed by atoms with Crippen LogP contribution in [0, 0.1) is 5.41 Å². The molecule has 2 nitrogen and oxygen atoms in total. The third-order valence-corrected chi connectivity index (χ3v) is 4.64. The molecule has 1 unspecified atom stereocenters. The molecular formula is C15H30N2. The van der Waals surface area contributed by atoms with E-state index in [-0.39, 0.29) is 0 Å². The molecule has 0 saturated heterocycles. The van der Waals surface area contributed by atoms with Crippen molar-refractivity contribution in [3.63, 3.8) is 0 Å². The highest BCUT2D eigenvalue weighted by molar-refractivity contribution is 4.83. The number of rotatable bonds is 5. The van der Waals surface area contributed by atoms with Gasteiger partial charge >= 0.3 is 0 Å². The first-order chi connectivity index (χ1) is 8.07. The number of hydrogen-bond donors (Lipinski definition) is 1. The molecule has 2 fully saturated rings. The molecule has 0 amide bonds. The van der Waals surface area contributed by atoms with Crippen LogP contribution in [-0.2, 0) is 0 Å². The molecule has 2 saturated carbocycles. The van der Waals surface area contributed by atoms with Crippen LogP contribution >= 0.6 is 0 Å². The lowest BCUT2D eigenvalue weighted by Gasteiger charge is -2.23. The maximum absolute atomic E-state index is 3.77. The van der Waals surface area contributed by atoms with E-state index in [2.05, 4.69) is 31.1 Å². The van der Waals surface area contributed by atoms with E-state index in [0.29, 0.717) is 5.41 Å². The van der Waals surface area contributed by atoms with Crippen molar-refractivity contribution >= 4 is 0 Å². The van der Waals surface area contributed by atoms with Crippen LogP contribution in [0.1, 0.15) is 58.8 Å². The summed E-state index contributed by atoms with van der Waals surface area (Å²) < 4.78 is 0. The maximum atomic E-state index is 3.77. The minimum Gasteiger partial charge on any atom is -0.313 e. The number of nitrogens with zero attached hydrogens (tertiary/aromatic N) is 1. The molecule has 0 spiro atoms. The molecule has 1 atom stereocenters. The van der Waals surface area contributed by atoms with E-state index in [1.807, 2.05) is 0 Å². The second-order valence-electron chi connectivity index (χ2n) is 6.96. The minimum atomic E-state index is 0.585. The van der Waals surface area contributed by atoms with Crippen LogP contribution < -0.4 is 5.32 Å². The summed E-state index contributed by atoms with van der Waals surface area (Å²) in [6.45, 7) is 7.26. The fourth-order valence-corrected chi connectivity index (χ4v) is 3.01. The van der Waals surface area contributed by atoms with Gasteiger partial charge in [-0.1, -0.05) is 20.3 Å². The zero-order chi connectivity index (χ0) is 12.3. The normalized spacial score (nSPS) is 29.3. The van der Waals surface area contributed by atoms with Crippen molar-refractivity contribution in [2.75, 3.05) is 20.1 Å². The van der Waals surface area contributed by atoms with Crippen LogP contribution in [0.2, 0.25) is 0 Å². The van der Waals surface area contributed by atoms with E-state index in [1.165, 1.54) is 58.0 Å². The summed E-state index contributed by atoms with van der Waals surface area (Å²) in [5, 5.41) is 3.77. The van der Waals surface area contributed by atoms with Crippen molar-refractivity contribution in [1.29, 1.82) is 0 Å². The van der Waals surface area contributed by atoms with Gasteiger partial charge < -0.3 is 10.2 Å². The third-order valence-electron chi connectivity index (χ3n) is 4.64. The molecule has 2 heteroatoms. The number of likely N-dealkylation sites (N-methyl/N-ethyl adjacent to an activating group) is 1. The zero-order valence-corrected chi connectivity index (χ0v) is 12.0. The summed E-state index contributed by atoms with van der Waals surface area (Å²) in [5.74, 6) is 0. The van der Waals surface area contributed by atoms with E-state index >= 15 is 0 Å². The molecule has 100 valence electrons. The number of nitrogens with one attached hydrogen (secondary N) is 1. The van der Waals surface area contributed by atoms with Crippen LogP contribution in [0.4, 0.5) is 0 Å². The van der Waals surface area contributed by atoms with Crippen LogP contribution in [0.5, 0.6) is 0 Å². The summed E-state index contributed by atoms with van der Waals surface area (Å²) >= 11 is 0. The summed E-state index contributed by atoms with van der Waals surface area (Å²) in [7, 11) is 2.27. The first-order valence-electron chi connectivity index (χ1n) is 7.50. The largest absolute Gasteiger partial charge is 0.313 e. The lowest BCUT2D eigenvalue weighted by molar-refractivity contribution is 0.298. The molecule has 17 heavy (non-hydrogen) atoms. The third kappa shape index (κ3) is 4.59. The van der Waals surface area contributed by atoms with Gasteiger partial charge in [-0.25, -0.2) is 0 Å². The van der Waals surface area contributed by atoms with Crippen molar-refractivity contribution in [3.05, 3.63) is 0 Å². The highest BCUT2D eigenvalue weighted by Gasteiger charge is 2.26. The van der Waals surface area contributed by atoms with Gasteiger partial charge in [0, 0.05) is 25.2 Å². The van der Waals surface area contributed by atoms with Gasteiger partial charge in [0.1, 0.15) is 0 Å². The Labute approximate surface area is 107 Å².